The van der Waals surface area contributed by atoms with E-state index < -0.39 is 0 Å². The van der Waals surface area contributed by atoms with Gasteiger partial charge in [0.25, 0.3) is 0 Å². The molecule has 2 rings (SSSR count). The molecule has 1 atom stereocenters. The van der Waals surface area contributed by atoms with Crippen LogP contribution in [-0.2, 0) is 0 Å². The summed E-state index contributed by atoms with van der Waals surface area (Å²) >= 11 is 0. The van der Waals surface area contributed by atoms with Crippen LogP contribution in [0.4, 0.5) is 0 Å². The van der Waals surface area contributed by atoms with Gasteiger partial charge >= 0.3 is 0 Å². The summed E-state index contributed by atoms with van der Waals surface area (Å²) in [5.41, 5.74) is 2.18. The van der Waals surface area contributed by atoms with E-state index in [4.69, 9.17) is 5.21 Å². The van der Waals surface area contributed by atoms with E-state index in [1.165, 1.54) is 12.0 Å². The van der Waals surface area contributed by atoms with Crippen LogP contribution in [0.3, 0.4) is 0 Å². The lowest BCUT2D eigenvalue weighted by atomic mass is 9.84. The second-order valence-electron chi connectivity index (χ2n) is 3.75. The van der Waals surface area contributed by atoms with Gasteiger partial charge in [0, 0.05) is 12.4 Å². The van der Waals surface area contributed by atoms with Crippen molar-refractivity contribution in [1.29, 1.82) is 0 Å². The zero-order chi connectivity index (χ0) is 9.80. The molecule has 14 heavy (non-hydrogen) atoms. The largest absolute Gasteiger partial charge is 0.411 e. The topological polar surface area (TPSA) is 45.5 Å². The van der Waals surface area contributed by atoms with Gasteiger partial charge in [0.2, 0.25) is 0 Å². The summed E-state index contributed by atoms with van der Waals surface area (Å²) in [6.45, 7) is 0. The van der Waals surface area contributed by atoms with E-state index in [9.17, 15) is 0 Å². The van der Waals surface area contributed by atoms with Crippen LogP contribution in [0, 0.1) is 0 Å². The lowest BCUT2D eigenvalue weighted by molar-refractivity contribution is 0.313. The SMILES string of the molecule is ON=C1CCCC(c2cccnc2)C1. The van der Waals surface area contributed by atoms with E-state index in [1.54, 1.807) is 6.20 Å². The summed E-state index contributed by atoms with van der Waals surface area (Å²) in [5, 5.41) is 12.0. The maximum Gasteiger partial charge on any atom is 0.0576 e. The Morgan fingerprint density at radius 2 is 2.43 bits per heavy atom. The van der Waals surface area contributed by atoms with Gasteiger partial charge in [-0.25, -0.2) is 0 Å². The fourth-order valence-corrected chi connectivity index (χ4v) is 2.03. The average molecular weight is 190 g/mol. The predicted octanol–water partition coefficient (Wildman–Crippen LogP) is 2.57. The molecule has 1 aromatic heterocycles. The zero-order valence-electron chi connectivity index (χ0n) is 8.06. The Labute approximate surface area is 83.5 Å². The third kappa shape index (κ3) is 1.92. The van der Waals surface area contributed by atoms with Gasteiger partial charge in [0.05, 0.1) is 5.71 Å². The molecule has 1 aromatic rings. The van der Waals surface area contributed by atoms with Crippen LogP contribution < -0.4 is 0 Å². The molecule has 1 N–H and O–H groups in total. The van der Waals surface area contributed by atoms with Crippen molar-refractivity contribution < 1.29 is 5.21 Å². The van der Waals surface area contributed by atoms with Crippen molar-refractivity contribution in [3.63, 3.8) is 0 Å². The molecule has 0 amide bonds. The minimum atomic E-state index is 0.489. The summed E-state index contributed by atoms with van der Waals surface area (Å²) in [6, 6.07) is 4.05. The smallest absolute Gasteiger partial charge is 0.0576 e. The van der Waals surface area contributed by atoms with Crippen molar-refractivity contribution in [2.75, 3.05) is 0 Å². The molecule has 0 saturated heterocycles. The number of hydrogen-bond acceptors (Lipinski definition) is 3. The highest BCUT2D eigenvalue weighted by atomic mass is 16.4. The van der Waals surface area contributed by atoms with Crippen LogP contribution in [0.15, 0.2) is 29.7 Å². The van der Waals surface area contributed by atoms with Crippen LogP contribution >= 0.6 is 0 Å². The van der Waals surface area contributed by atoms with Gasteiger partial charge in [-0.2, -0.15) is 0 Å². The van der Waals surface area contributed by atoms with E-state index in [2.05, 4.69) is 16.2 Å². The second kappa shape index (κ2) is 4.22. The van der Waals surface area contributed by atoms with Gasteiger partial charge in [-0.3, -0.25) is 4.98 Å². The van der Waals surface area contributed by atoms with Crippen LogP contribution in [0.25, 0.3) is 0 Å². The third-order valence-corrected chi connectivity index (χ3v) is 2.80. The molecule has 0 spiro atoms. The Bertz CT molecular complexity index is 321. The van der Waals surface area contributed by atoms with Crippen LogP contribution in [-0.4, -0.2) is 15.9 Å². The summed E-state index contributed by atoms with van der Waals surface area (Å²) in [7, 11) is 0. The van der Waals surface area contributed by atoms with Crippen molar-refractivity contribution in [2.45, 2.75) is 31.6 Å². The van der Waals surface area contributed by atoms with Crippen molar-refractivity contribution >= 4 is 5.71 Å². The van der Waals surface area contributed by atoms with E-state index >= 15 is 0 Å². The Morgan fingerprint density at radius 1 is 1.50 bits per heavy atom. The van der Waals surface area contributed by atoms with E-state index in [0.29, 0.717) is 5.92 Å². The lowest BCUT2D eigenvalue weighted by Crippen LogP contribution is -2.13. The molecule has 1 aliphatic carbocycles. The highest BCUT2D eigenvalue weighted by Crippen LogP contribution is 2.30. The summed E-state index contributed by atoms with van der Waals surface area (Å²) in [6.07, 6.45) is 7.79. The highest BCUT2D eigenvalue weighted by Gasteiger charge is 2.19. The quantitative estimate of drug-likeness (QED) is 0.546. The second-order valence-corrected chi connectivity index (χ2v) is 3.75. The standard InChI is InChI=1S/C11H14N2O/c14-13-11-5-1-3-9(7-11)10-4-2-6-12-8-10/h2,4,6,8-9,14H,1,3,5,7H2. The maximum absolute atomic E-state index is 8.73. The molecule has 3 nitrogen and oxygen atoms in total. The lowest BCUT2D eigenvalue weighted by Gasteiger charge is -2.22. The number of pyridine rings is 1. The first-order valence-corrected chi connectivity index (χ1v) is 5.00. The molecule has 1 saturated carbocycles. The van der Waals surface area contributed by atoms with E-state index in [-0.39, 0.29) is 0 Å². The number of hydrogen-bond donors (Lipinski definition) is 1. The van der Waals surface area contributed by atoms with Crippen LogP contribution in [0.1, 0.15) is 37.2 Å². The minimum Gasteiger partial charge on any atom is -0.411 e. The first-order valence-electron chi connectivity index (χ1n) is 5.00. The Balaban J connectivity index is 2.12. The number of oxime groups is 1. The molecule has 1 fully saturated rings. The highest BCUT2D eigenvalue weighted by molar-refractivity contribution is 5.85. The van der Waals surface area contributed by atoms with E-state index in [1.807, 2.05) is 12.3 Å². The number of rotatable bonds is 1. The van der Waals surface area contributed by atoms with Crippen molar-refractivity contribution in [1.82, 2.24) is 4.98 Å². The molecule has 3 heteroatoms. The molecular formula is C11H14N2O. The summed E-state index contributed by atoms with van der Waals surface area (Å²) in [4.78, 5) is 4.11. The van der Waals surface area contributed by atoms with Crippen molar-refractivity contribution in [3.8, 4) is 0 Å². The third-order valence-electron chi connectivity index (χ3n) is 2.80. The molecule has 0 bridgehead atoms. The van der Waals surface area contributed by atoms with Crippen LogP contribution in [0.2, 0.25) is 0 Å². The van der Waals surface area contributed by atoms with Crippen molar-refractivity contribution in [3.05, 3.63) is 30.1 Å². The van der Waals surface area contributed by atoms with Gasteiger partial charge in [-0.05, 0) is 43.2 Å². The van der Waals surface area contributed by atoms with Gasteiger partial charge in [0.1, 0.15) is 0 Å². The maximum atomic E-state index is 8.73. The fraction of sp³-hybridized carbons (Fsp3) is 0.455. The summed E-state index contributed by atoms with van der Waals surface area (Å²) in [5.74, 6) is 0.489. The molecule has 1 unspecified atom stereocenters. The Hall–Kier alpha value is -1.38. The molecular weight excluding hydrogens is 176 g/mol. The molecule has 0 aliphatic heterocycles. The Kier molecular flexibility index (Phi) is 2.77. The molecule has 1 heterocycles. The minimum absolute atomic E-state index is 0.489. The van der Waals surface area contributed by atoms with Gasteiger partial charge in [-0.1, -0.05) is 11.2 Å². The average Bonchev–Trinajstić information content (AvgIpc) is 2.30. The normalized spacial score (nSPS) is 25.1. The fourth-order valence-electron chi connectivity index (χ4n) is 2.03. The molecule has 0 radical (unpaired) electrons. The molecule has 1 aliphatic rings. The monoisotopic (exact) mass is 190 g/mol. The predicted molar refractivity (Wildman–Crippen MR) is 54.7 cm³/mol. The van der Waals surface area contributed by atoms with Gasteiger partial charge in [0.15, 0.2) is 0 Å². The Morgan fingerprint density at radius 3 is 3.14 bits per heavy atom. The summed E-state index contributed by atoms with van der Waals surface area (Å²) < 4.78 is 0. The first kappa shape index (κ1) is 9.19. The van der Waals surface area contributed by atoms with Crippen molar-refractivity contribution in [2.24, 2.45) is 5.16 Å². The number of aromatic nitrogens is 1. The van der Waals surface area contributed by atoms with E-state index in [0.717, 1.165) is 25.0 Å². The first-order chi connectivity index (χ1) is 6.90. The van der Waals surface area contributed by atoms with Crippen LogP contribution in [0.5, 0.6) is 0 Å². The number of nitrogens with zero attached hydrogens (tertiary/aromatic N) is 2. The molecule has 0 aromatic carbocycles. The molecule has 74 valence electrons. The van der Waals surface area contributed by atoms with Gasteiger partial charge < -0.3 is 5.21 Å². The zero-order valence-corrected chi connectivity index (χ0v) is 8.06. The van der Waals surface area contributed by atoms with Gasteiger partial charge in [-0.15, -0.1) is 0 Å².